The Morgan fingerprint density at radius 3 is 2.32 bits per heavy atom. The average molecular weight is 268 g/mol. The number of rotatable bonds is 9. The molecular formula is C15H28N2O2. The normalized spacial score (nSPS) is 14.7. The van der Waals surface area contributed by atoms with Crippen LogP contribution in [-0.2, 0) is 9.59 Å². The molecule has 0 bridgehead atoms. The zero-order chi connectivity index (χ0) is 13.9. The van der Waals surface area contributed by atoms with Crippen LogP contribution in [-0.4, -0.2) is 36.3 Å². The van der Waals surface area contributed by atoms with Crippen molar-refractivity contribution >= 4 is 11.8 Å². The van der Waals surface area contributed by atoms with E-state index in [0.29, 0.717) is 6.42 Å². The van der Waals surface area contributed by atoms with Crippen LogP contribution in [0.25, 0.3) is 0 Å². The van der Waals surface area contributed by atoms with Crippen molar-refractivity contribution < 1.29 is 9.59 Å². The first kappa shape index (κ1) is 16.0. The van der Waals surface area contributed by atoms with Gasteiger partial charge in [-0.05, 0) is 19.3 Å². The van der Waals surface area contributed by atoms with E-state index >= 15 is 0 Å². The highest BCUT2D eigenvalue weighted by molar-refractivity contribution is 5.84. The molecule has 0 atom stereocenters. The molecule has 2 amide bonds. The lowest BCUT2D eigenvalue weighted by Gasteiger charge is -2.15. The molecule has 1 saturated heterocycles. The van der Waals surface area contributed by atoms with Crippen LogP contribution in [0.4, 0.5) is 0 Å². The molecule has 0 saturated carbocycles. The molecule has 0 aromatic heterocycles. The van der Waals surface area contributed by atoms with Crippen molar-refractivity contribution in [2.24, 2.45) is 0 Å². The summed E-state index contributed by atoms with van der Waals surface area (Å²) in [6.07, 6.45) is 9.82. The van der Waals surface area contributed by atoms with E-state index in [1.54, 1.807) is 0 Å². The van der Waals surface area contributed by atoms with Crippen LogP contribution >= 0.6 is 0 Å². The number of carbonyl (C=O) groups is 2. The summed E-state index contributed by atoms with van der Waals surface area (Å²) in [5.74, 6) is 0.0804. The summed E-state index contributed by atoms with van der Waals surface area (Å²) < 4.78 is 0. The van der Waals surface area contributed by atoms with Crippen LogP contribution in [0.5, 0.6) is 0 Å². The zero-order valence-corrected chi connectivity index (χ0v) is 12.2. The summed E-state index contributed by atoms with van der Waals surface area (Å²) in [5, 5.41) is 2.73. The third-order valence-electron chi connectivity index (χ3n) is 3.65. The Morgan fingerprint density at radius 1 is 1.00 bits per heavy atom. The Balaban J connectivity index is 1.96. The highest BCUT2D eigenvalue weighted by Gasteiger charge is 2.17. The molecule has 1 rings (SSSR count). The number of amides is 2. The van der Waals surface area contributed by atoms with Crippen molar-refractivity contribution in [1.29, 1.82) is 0 Å². The summed E-state index contributed by atoms with van der Waals surface area (Å²) in [4.78, 5) is 25.1. The number of likely N-dealkylation sites (tertiary alicyclic amines) is 1. The zero-order valence-electron chi connectivity index (χ0n) is 12.2. The number of nitrogens with zero attached hydrogens (tertiary/aromatic N) is 1. The van der Waals surface area contributed by atoms with Gasteiger partial charge in [-0.15, -0.1) is 0 Å². The SMILES string of the molecule is CCCCCCCCC(=O)NCC(=O)N1CCCC1. The maximum atomic E-state index is 11.7. The molecule has 0 spiro atoms. The predicted molar refractivity (Wildman–Crippen MR) is 76.8 cm³/mol. The lowest BCUT2D eigenvalue weighted by Crippen LogP contribution is -2.38. The van der Waals surface area contributed by atoms with Gasteiger partial charge in [0.25, 0.3) is 0 Å². The van der Waals surface area contributed by atoms with E-state index in [9.17, 15) is 9.59 Å². The molecule has 4 nitrogen and oxygen atoms in total. The first-order valence-corrected chi connectivity index (χ1v) is 7.78. The topological polar surface area (TPSA) is 49.4 Å². The maximum Gasteiger partial charge on any atom is 0.241 e. The van der Waals surface area contributed by atoms with Gasteiger partial charge in [-0.3, -0.25) is 9.59 Å². The number of hydrogen-bond donors (Lipinski definition) is 1. The summed E-state index contributed by atoms with van der Waals surface area (Å²) in [6.45, 7) is 4.08. The summed E-state index contributed by atoms with van der Waals surface area (Å²) >= 11 is 0. The van der Waals surface area contributed by atoms with Gasteiger partial charge < -0.3 is 10.2 Å². The third-order valence-corrected chi connectivity index (χ3v) is 3.65. The van der Waals surface area contributed by atoms with Gasteiger partial charge in [-0.2, -0.15) is 0 Å². The second kappa shape index (κ2) is 9.82. The van der Waals surface area contributed by atoms with E-state index in [-0.39, 0.29) is 18.4 Å². The molecule has 19 heavy (non-hydrogen) atoms. The van der Waals surface area contributed by atoms with Crippen molar-refractivity contribution in [1.82, 2.24) is 10.2 Å². The molecular weight excluding hydrogens is 240 g/mol. The minimum Gasteiger partial charge on any atom is -0.347 e. The quantitative estimate of drug-likeness (QED) is 0.653. The van der Waals surface area contributed by atoms with E-state index in [0.717, 1.165) is 38.8 Å². The minimum absolute atomic E-state index is 0.0167. The van der Waals surface area contributed by atoms with E-state index in [2.05, 4.69) is 12.2 Å². The van der Waals surface area contributed by atoms with E-state index in [4.69, 9.17) is 0 Å². The van der Waals surface area contributed by atoms with Gasteiger partial charge in [0.1, 0.15) is 0 Å². The highest BCUT2D eigenvalue weighted by Crippen LogP contribution is 2.08. The molecule has 0 aromatic carbocycles. The molecule has 1 fully saturated rings. The van der Waals surface area contributed by atoms with E-state index in [1.165, 1.54) is 25.7 Å². The van der Waals surface area contributed by atoms with Gasteiger partial charge in [0.05, 0.1) is 6.54 Å². The molecule has 0 radical (unpaired) electrons. The largest absolute Gasteiger partial charge is 0.347 e. The van der Waals surface area contributed by atoms with Crippen LogP contribution in [0.3, 0.4) is 0 Å². The predicted octanol–water partition coefficient (Wildman–Crippen LogP) is 2.48. The monoisotopic (exact) mass is 268 g/mol. The van der Waals surface area contributed by atoms with Crippen LogP contribution in [0.15, 0.2) is 0 Å². The van der Waals surface area contributed by atoms with E-state index in [1.807, 2.05) is 4.90 Å². The Labute approximate surface area is 116 Å². The fourth-order valence-corrected chi connectivity index (χ4v) is 2.41. The number of carbonyl (C=O) groups excluding carboxylic acids is 2. The lowest BCUT2D eigenvalue weighted by molar-refractivity contribution is -0.132. The van der Waals surface area contributed by atoms with Gasteiger partial charge in [-0.25, -0.2) is 0 Å². The highest BCUT2D eigenvalue weighted by atomic mass is 16.2. The Morgan fingerprint density at radius 2 is 1.63 bits per heavy atom. The first-order chi connectivity index (χ1) is 9.24. The second-order valence-electron chi connectivity index (χ2n) is 5.38. The lowest BCUT2D eigenvalue weighted by atomic mass is 10.1. The fourth-order valence-electron chi connectivity index (χ4n) is 2.41. The maximum absolute atomic E-state index is 11.7. The molecule has 1 heterocycles. The Hall–Kier alpha value is -1.06. The molecule has 110 valence electrons. The second-order valence-corrected chi connectivity index (χ2v) is 5.38. The molecule has 0 aromatic rings. The fraction of sp³-hybridized carbons (Fsp3) is 0.867. The number of unbranched alkanes of at least 4 members (excludes halogenated alkanes) is 5. The van der Waals surface area contributed by atoms with Crippen LogP contribution < -0.4 is 5.32 Å². The first-order valence-electron chi connectivity index (χ1n) is 7.78. The number of nitrogens with one attached hydrogen (secondary N) is 1. The van der Waals surface area contributed by atoms with Crippen molar-refractivity contribution in [3.05, 3.63) is 0 Å². The van der Waals surface area contributed by atoms with Crippen molar-refractivity contribution in [2.75, 3.05) is 19.6 Å². The van der Waals surface area contributed by atoms with Gasteiger partial charge >= 0.3 is 0 Å². The molecule has 1 aliphatic heterocycles. The summed E-state index contributed by atoms with van der Waals surface area (Å²) in [6, 6.07) is 0. The summed E-state index contributed by atoms with van der Waals surface area (Å²) in [5.41, 5.74) is 0. The van der Waals surface area contributed by atoms with Crippen molar-refractivity contribution in [3.8, 4) is 0 Å². The molecule has 0 aliphatic carbocycles. The van der Waals surface area contributed by atoms with Gasteiger partial charge in [0, 0.05) is 19.5 Å². The van der Waals surface area contributed by atoms with E-state index < -0.39 is 0 Å². The van der Waals surface area contributed by atoms with Crippen molar-refractivity contribution in [2.45, 2.75) is 64.7 Å². The molecule has 1 N–H and O–H groups in total. The van der Waals surface area contributed by atoms with Crippen LogP contribution in [0.1, 0.15) is 64.7 Å². The Kier molecular flexibility index (Phi) is 8.26. The average Bonchev–Trinajstić information content (AvgIpc) is 2.94. The molecule has 0 unspecified atom stereocenters. The Bertz CT molecular complexity index is 273. The molecule has 1 aliphatic rings. The van der Waals surface area contributed by atoms with Gasteiger partial charge in [0.15, 0.2) is 0 Å². The van der Waals surface area contributed by atoms with Gasteiger partial charge in [-0.1, -0.05) is 39.0 Å². The van der Waals surface area contributed by atoms with Crippen LogP contribution in [0.2, 0.25) is 0 Å². The summed E-state index contributed by atoms with van der Waals surface area (Å²) in [7, 11) is 0. The third kappa shape index (κ3) is 7.19. The minimum atomic E-state index is 0.0167. The molecule has 4 heteroatoms. The van der Waals surface area contributed by atoms with Crippen LogP contribution in [0, 0.1) is 0 Å². The smallest absolute Gasteiger partial charge is 0.241 e. The van der Waals surface area contributed by atoms with Crippen molar-refractivity contribution in [3.63, 3.8) is 0 Å². The standard InChI is InChI=1S/C15H28N2O2/c1-2-3-4-5-6-7-10-14(18)16-13-15(19)17-11-8-9-12-17/h2-13H2,1H3,(H,16,18). The number of hydrogen-bond acceptors (Lipinski definition) is 2. The van der Waals surface area contributed by atoms with Gasteiger partial charge in [0.2, 0.25) is 11.8 Å².